The van der Waals surface area contributed by atoms with Crippen molar-refractivity contribution in [2.45, 2.75) is 17.5 Å². The molecule has 1 saturated carbocycles. The highest BCUT2D eigenvalue weighted by molar-refractivity contribution is 6.66. The average Bonchev–Trinajstić information content (AvgIpc) is 1.97. The van der Waals surface area contributed by atoms with Gasteiger partial charge < -0.3 is 0 Å². The van der Waals surface area contributed by atoms with Gasteiger partial charge >= 0.3 is 0 Å². The SMILES string of the molecule is O=C(Cl)C=CC1CC(F)(F)C1(F)Cl. The van der Waals surface area contributed by atoms with E-state index in [9.17, 15) is 18.0 Å². The van der Waals surface area contributed by atoms with Crippen LogP contribution in [0.4, 0.5) is 13.2 Å². The van der Waals surface area contributed by atoms with E-state index in [1.165, 1.54) is 0 Å². The van der Waals surface area contributed by atoms with Crippen LogP contribution in [-0.2, 0) is 4.79 Å². The molecule has 1 rings (SSSR count). The van der Waals surface area contributed by atoms with Crippen molar-refractivity contribution in [2.75, 3.05) is 0 Å². The summed E-state index contributed by atoms with van der Waals surface area (Å²) < 4.78 is 37.8. The lowest BCUT2D eigenvalue weighted by Gasteiger charge is -2.43. The van der Waals surface area contributed by atoms with Gasteiger partial charge in [-0.05, 0) is 17.7 Å². The van der Waals surface area contributed by atoms with Crippen molar-refractivity contribution in [1.29, 1.82) is 0 Å². The molecule has 0 spiro atoms. The molecule has 0 radical (unpaired) electrons. The molecule has 0 aromatic heterocycles. The minimum absolute atomic E-state index is 0.701. The van der Waals surface area contributed by atoms with Gasteiger partial charge in [-0.2, -0.15) is 0 Å². The maximum atomic E-state index is 12.9. The van der Waals surface area contributed by atoms with Crippen LogP contribution >= 0.6 is 23.2 Å². The van der Waals surface area contributed by atoms with Crippen molar-refractivity contribution < 1.29 is 18.0 Å². The van der Waals surface area contributed by atoms with Gasteiger partial charge in [-0.1, -0.05) is 17.7 Å². The fourth-order valence-electron chi connectivity index (χ4n) is 1.06. The van der Waals surface area contributed by atoms with E-state index in [0.717, 1.165) is 12.2 Å². The summed E-state index contributed by atoms with van der Waals surface area (Å²) >= 11 is 9.81. The van der Waals surface area contributed by atoms with Crippen molar-refractivity contribution in [3.63, 3.8) is 0 Å². The molecule has 0 bridgehead atoms. The summed E-state index contributed by atoms with van der Waals surface area (Å²) in [7, 11) is 0. The molecule has 1 aliphatic rings. The number of halogens is 5. The van der Waals surface area contributed by atoms with Crippen LogP contribution in [0.25, 0.3) is 0 Å². The van der Waals surface area contributed by atoms with Gasteiger partial charge in [0, 0.05) is 12.3 Å². The van der Waals surface area contributed by atoms with E-state index in [-0.39, 0.29) is 0 Å². The average molecular weight is 233 g/mol. The van der Waals surface area contributed by atoms with E-state index in [0.29, 0.717) is 0 Å². The van der Waals surface area contributed by atoms with Gasteiger partial charge in [0.05, 0.1) is 0 Å². The van der Waals surface area contributed by atoms with Gasteiger partial charge in [-0.25, -0.2) is 13.2 Å². The minimum atomic E-state index is -3.53. The predicted molar refractivity (Wildman–Crippen MR) is 42.7 cm³/mol. The molecule has 0 N–H and O–H groups in total. The minimum Gasteiger partial charge on any atom is -0.276 e. The molecule has 74 valence electrons. The Bertz CT molecular complexity index is 262. The van der Waals surface area contributed by atoms with Crippen LogP contribution in [0, 0.1) is 5.92 Å². The molecule has 0 heterocycles. The van der Waals surface area contributed by atoms with Crippen LogP contribution in [0.5, 0.6) is 0 Å². The van der Waals surface area contributed by atoms with E-state index >= 15 is 0 Å². The fraction of sp³-hybridized carbons (Fsp3) is 0.571. The maximum absolute atomic E-state index is 12.9. The molecule has 2 atom stereocenters. The molecule has 13 heavy (non-hydrogen) atoms. The van der Waals surface area contributed by atoms with E-state index in [1.54, 1.807) is 0 Å². The summed E-state index contributed by atoms with van der Waals surface area (Å²) in [5, 5.41) is -3.93. The van der Waals surface area contributed by atoms with E-state index in [2.05, 4.69) is 0 Å². The second kappa shape index (κ2) is 3.17. The van der Waals surface area contributed by atoms with Crippen LogP contribution in [0.3, 0.4) is 0 Å². The first-order chi connectivity index (χ1) is 5.77. The molecule has 1 fully saturated rings. The number of alkyl halides is 4. The van der Waals surface area contributed by atoms with Crippen LogP contribution in [-0.4, -0.2) is 16.3 Å². The molecule has 1 aliphatic carbocycles. The van der Waals surface area contributed by atoms with Crippen LogP contribution in [0.15, 0.2) is 12.2 Å². The predicted octanol–water partition coefficient (Wildman–Crippen LogP) is 2.87. The second-order valence-corrected chi connectivity index (χ2v) is 3.72. The third-order valence-electron chi connectivity index (χ3n) is 1.89. The van der Waals surface area contributed by atoms with Crippen molar-refractivity contribution >= 4 is 28.4 Å². The molecule has 0 aromatic rings. The quantitative estimate of drug-likeness (QED) is 0.407. The lowest BCUT2D eigenvalue weighted by molar-refractivity contribution is -0.193. The molecule has 0 aromatic carbocycles. The lowest BCUT2D eigenvalue weighted by Crippen LogP contribution is -2.57. The third kappa shape index (κ3) is 1.83. The smallest absolute Gasteiger partial charge is 0.276 e. The summed E-state index contributed by atoms with van der Waals surface area (Å²) in [6.07, 6.45) is 1.07. The van der Waals surface area contributed by atoms with E-state index in [4.69, 9.17) is 23.2 Å². The Hall–Kier alpha value is -0.220. The topological polar surface area (TPSA) is 17.1 Å². The van der Waals surface area contributed by atoms with Crippen molar-refractivity contribution in [1.82, 2.24) is 0 Å². The molecule has 6 heteroatoms. The Kier molecular flexibility index (Phi) is 2.65. The van der Waals surface area contributed by atoms with E-state index in [1.807, 2.05) is 0 Å². The summed E-state index contributed by atoms with van der Waals surface area (Å²) in [6, 6.07) is 0. The molecule has 0 aliphatic heterocycles. The second-order valence-electron chi connectivity index (χ2n) is 2.80. The standard InChI is InChI=1S/C7H5Cl2F3O/c8-5(13)2-1-4-3-6(10,11)7(4,9)12/h1-2,4H,3H2. The Morgan fingerprint density at radius 1 is 1.46 bits per heavy atom. The Morgan fingerprint density at radius 3 is 2.31 bits per heavy atom. The fourth-order valence-corrected chi connectivity index (χ4v) is 1.36. The zero-order chi connectivity index (χ0) is 10.3. The third-order valence-corrected chi connectivity index (χ3v) is 2.57. The Labute approximate surface area is 82.5 Å². The maximum Gasteiger partial charge on any atom is 0.296 e. The number of carbonyl (C=O) groups excluding carboxylic acids is 1. The van der Waals surface area contributed by atoms with Crippen LogP contribution in [0.1, 0.15) is 6.42 Å². The first-order valence-corrected chi connectivity index (χ1v) is 4.16. The number of allylic oxidation sites excluding steroid dienone is 2. The molecular weight excluding hydrogens is 228 g/mol. The van der Waals surface area contributed by atoms with Gasteiger partial charge in [0.1, 0.15) is 0 Å². The molecule has 0 saturated heterocycles. The summed E-state index contributed by atoms with van der Waals surface area (Å²) in [6.45, 7) is 0. The highest BCUT2D eigenvalue weighted by atomic mass is 35.5. The number of carbonyl (C=O) groups is 1. The molecule has 1 nitrogen and oxygen atoms in total. The highest BCUT2D eigenvalue weighted by Crippen LogP contribution is 2.57. The number of rotatable bonds is 2. The molecular formula is C7H5Cl2F3O. The molecule has 0 amide bonds. The first-order valence-electron chi connectivity index (χ1n) is 3.40. The zero-order valence-electron chi connectivity index (χ0n) is 6.24. The lowest BCUT2D eigenvalue weighted by atomic mass is 9.78. The summed E-state index contributed by atoms with van der Waals surface area (Å²) in [5.74, 6) is -4.69. The normalized spacial score (nSPS) is 37.5. The Morgan fingerprint density at radius 2 is 2.00 bits per heavy atom. The van der Waals surface area contributed by atoms with Crippen LogP contribution < -0.4 is 0 Å². The van der Waals surface area contributed by atoms with Crippen molar-refractivity contribution in [3.05, 3.63) is 12.2 Å². The van der Waals surface area contributed by atoms with Gasteiger partial charge in [0.2, 0.25) is 5.24 Å². The first kappa shape index (κ1) is 10.9. The van der Waals surface area contributed by atoms with Crippen LogP contribution in [0.2, 0.25) is 0 Å². The monoisotopic (exact) mass is 232 g/mol. The summed E-state index contributed by atoms with van der Waals surface area (Å²) in [5.41, 5.74) is 0. The zero-order valence-corrected chi connectivity index (χ0v) is 7.75. The van der Waals surface area contributed by atoms with Gasteiger partial charge in [0.15, 0.2) is 0 Å². The molecule has 2 unspecified atom stereocenters. The largest absolute Gasteiger partial charge is 0.296 e. The Balaban J connectivity index is 2.65. The van der Waals surface area contributed by atoms with Gasteiger partial charge in [0.25, 0.3) is 11.1 Å². The van der Waals surface area contributed by atoms with Gasteiger partial charge in [-0.3, -0.25) is 4.79 Å². The highest BCUT2D eigenvalue weighted by Gasteiger charge is 2.68. The number of hydrogen-bond donors (Lipinski definition) is 0. The number of hydrogen-bond acceptors (Lipinski definition) is 1. The van der Waals surface area contributed by atoms with Crippen molar-refractivity contribution in [3.8, 4) is 0 Å². The van der Waals surface area contributed by atoms with Gasteiger partial charge in [-0.15, -0.1) is 0 Å². The van der Waals surface area contributed by atoms with Crippen molar-refractivity contribution in [2.24, 2.45) is 5.92 Å². The van der Waals surface area contributed by atoms with E-state index < -0.39 is 28.6 Å². The summed E-state index contributed by atoms with van der Waals surface area (Å²) in [4.78, 5) is 10.2.